The van der Waals surface area contributed by atoms with Crippen molar-refractivity contribution in [3.63, 3.8) is 0 Å². The van der Waals surface area contributed by atoms with Gasteiger partial charge in [-0.2, -0.15) is 0 Å². The van der Waals surface area contributed by atoms with Gasteiger partial charge in [-0.15, -0.1) is 0 Å². The van der Waals surface area contributed by atoms with E-state index in [1.165, 1.54) is 6.20 Å². The molecule has 1 heterocycles. The Hall–Kier alpha value is -1.68. The Morgan fingerprint density at radius 3 is 2.69 bits per heavy atom. The molecule has 4 nitrogen and oxygen atoms in total. The number of rotatable bonds is 3. The third kappa shape index (κ3) is 2.12. The number of halogens is 1. The van der Waals surface area contributed by atoms with E-state index in [2.05, 4.69) is 4.98 Å². The van der Waals surface area contributed by atoms with Crippen LogP contribution in [0.2, 0.25) is 5.15 Å². The summed E-state index contributed by atoms with van der Waals surface area (Å²) in [7, 11) is 3.39. The fraction of sp³-hybridized carbons (Fsp3) is 0.182. The van der Waals surface area contributed by atoms with Gasteiger partial charge in [-0.25, -0.2) is 4.98 Å². The average molecular weight is 239 g/mol. The van der Waals surface area contributed by atoms with Gasteiger partial charge in [0.1, 0.15) is 16.7 Å². The standard InChI is InChI=1S/C11H11ClN2O2/c1-14-10(12)7-13-11(14)16-9-5-3-4-8(6-9)15-2/h3-7H,1-2H3. The molecule has 84 valence electrons. The molecule has 2 rings (SSSR count). The number of methoxy groups -OCH3 is 1. The van der Waals surface area contributed by atoms with Crippen molar-refractivity contribution in [2.24, 2.45) is 7.05 Å². The average Bonchev–Trinajstić information content (AvgIpc) is 2.61. The monoisotopic (exact) mass is 238 g/mol. The van der Waals surface area contributed by atoms with Crippen LogP contribution < -0.4 is 9.47 Å². The van der Waals surface area contributed by atoms with Crippen molar-refractivity contribution in [1.82, 2.24) is 9.55 Å². The van der Waals surface area contributed by atoms with Gasteiger partial charge in [0.15, 0.2) is 0 Å². The number of nitrogens with zero attached hydrogens (tertiary/aromatic N) is 2. The van der Waals surface area contributed by atoms with Crippen LogP contribution in [-0.4, -0.2) is 16.7 Å². The van der Waals surface area contributed by atoms with Crippen molar-refractivity contribution in [2.45, 2.75) is 0 Å². The molecule has 1 aromatic carbocycles. The first-order valence-electron chi connectivity index (χ1n) is 4.70. The third-order valence-electron chi connectivity index (χ3n) is 2.14. The minimum absolute atomic E-state index is 0.443. The molecule has 0 amide bonds. The number of hydrogen-bond acceptors (Lipinski definition) is 3. The van der Waals surface area contributed by atoms with E-state index in [1.54, 1.807) is 24.8 Å². The maximum absolute atomic E-state index is 5.85. The summed E-state index contributed by atoms with van der Waals surface area (Å²) >= 11 is 5.85. The third-order valence-corrected chi connectivity index (χ3v) is 2.49. The summed E-state index contributed by atoms with van der Waals surface area (Å²) in [6.45, 7) is 0. The van der Waals surface area contributed by atoms with E-state index in [0.29, 0.717) is 16.9 Å². The van der Waals surface area contributed by atoms with E-state index in [0.717, 1.165) is 5.75 Å². The van der Waals surface area contributed by atoms with Crippen molar-refractivity contribution in [3.8, 4) is 17.5 Å². The zero-order valence-electron chi connectivity index (χ0n) is 8.98. The predicted octanol–water partition coefficient (Wildman–Crippen LogP) is 2.87. The van der Waals surface area contributed by atoms with Crippen LogP contribution >= 0.6 is 11.6 Å². The van der Waals surface area contributed by atoms with Gasteiger partial charge in [0.25, 0.3) is 0 Å². The van der Waals surface area contributed by atoms with Crippen molar-refractivity contribution in [2.75, 3.05) is 7.11 Å². The summed E-state index contributed by atoms with van der Waals surface area (Å²) in [6.07, 6.45) is 1.54. The number of benzene rings is 1. The van der Waals surface area contributed by atoms with Crippen LogP contribution in [0.5, 0.6) is 17.5 Å². The molecule has 0 fully saturated rings. The van der Waals surface area contributed by atoms with Gasteiger partial charge < -0.3 is 9.47 Å². The Kier molecular flexibility index (Phi) is 3.01. The number of hydrogen-bond donors (Lipinski definition) is 0. The molecule has 0 saturated carbocycles. The molecular weight excluding hydrogens is 228 g/mol. The molecule has 0 spiro atoms. The van der Waals surface area contributed by atoms with Crippen molar-refractivity contribution >= 4 is 11.6 Å². The second-order valence-corrected chi connectivity index (χ2v) is 3.59. The summed E-state index contributed by atoms with van der Waals surface area (Å²) in [5, 5.41) is 0.526. The maximum atomic E-state index is 5.85. The quantitative estimate of drug-likeness (QED) is 0.825. The topological polar surface area (TPSA) is 36.3 Å². The summed E-state index contributed by atoms with van der Waals surface area (Å²) < 4.78 is 12.3. The van der Waals surface area contributed by atoms with Crippen LogP contribution in [0.4, 0.5) is 0 Å². The van der Waals surface area contributed by atoms with Crippen LogP contribution in [0.15, 0.2) is 30.5 Å². The van der Waals surface area contributed by atoms with Crippen molar-refractivity contribution in [3.05, 3.63) is 35.6 Å². The highest BCUT2D eigenvalue weighted by atomic mass is 35.5. The van der Waals surface area contributed by atoms with Crippen LogP contribution in [0.1, 0.15) is 0 Å². The Bertz CT molecular complexity index is 496. The van der Waals surface area contributed by atoms with Gasteiger partial charge in [0, 0.05) is 13.1 Å². The predicted molar refractivity (Wildman–Crippen MR) is 61.3 cm³/mol. The minimum atomic E-state index is 0.443. The van der Waals surface area contributed by atoms with E-state index in [1.807, 2.05) is 18.2 Å². The summed E-state index contributed by atoms with van der Waals surface area (Å²) in [5.74, 6) is 1.39. The number of ether oxygens (including phenoxy) is 2. The lowest BCUT2D eigenvalue weighted by Gasteiger charge is -2.06. The van der Waals surface area contributed by atoms with E-state index >= 15 is 0 Å². The van der Waals surface area contributed by atoms with Gasteiger partial charge in [-0.1, -0.05) is 17.7 Å². The highest BCUT2D eigenvalue weighted by Gasteiger charge is 2.06. The van der Waals surface area contributed by atoms with Gasteiger partial charge in [0.05, 0.1) is 13.3 Å². The molecular formula is C11H11ClN2O2. The molecule has 0 radical (unpaired) electrons. The highest BCUT2D eigenvalue weighted by Crippen LogP contribution is 2.25. The zero-order chi connectivity index (χ0) is 11.5. The van der Waals surface area contributed by atoms with E-state index in [9.17, 15) is 0 Å². The first-order valence-corrected chi connectivity index (χ1v) is 5.07. The SMILES string of the molecule is COc1cccc(Oc2ncc(Cl)n2C)c1. The minimum Gasteiger partial charge on any atom is -0.497 e. The lowest BCUT2D eigenvalue weighted by molar-refractivity contribution is 0.400. The molecule has 2 aromatic rings. The van der Waals surface area contributed by atoms with Gasteiger partial charge in [0.2, 0.25) is 0 Å². The van der Waals surface area contributed by atoms with Crippen LogP contribution in [0.3, 0.4) is 0 Å². The van der Waals surface area contributed by atoms with Gasteiger partial charge >= 0.3 is 6.01 Å². The Morgan fingerprint density at radius 1 is 1.31 bits per heavy atom. The molecule has 0 N–H and O–H groups in total. The molecule has 16 heavy (non-hydrogen) atoms. The molecule has 5 heteroatoms. The lowest BCUT2D eigenvalue weighted by atomic mass is 10.3. The maximum Gasteiger partial charge on any atom is 0.302 e. The summed E-state index contributed by atoms with van der Waals surface area (Å²) in [5.41, 5.74) is 0. The lowest BCUT2D eigenvalue weighted by Crippen LogP contribution is -1.94. The Labute approximate surface area is 98.4 Å². The molecule has 0 aliphatic carbocycles. The van der Waals surface area contributed by atoms with Gasteiger partial charge in [-0.05, 0) is 12.1 Å². The van der Waals surface area contributed by atoms with E-state index < -0.39 is 0 Å². The molecule has 0 aliphatic rings. The zero-order valence-corrected chi connectivity index (χ0v) is 9.73. The van der Waals surface area contributed by atoms with Crippen LogP contribution in [0.25, 0.3) is 0 Å². The van der Waals surface area contributed by atoms with Crippen LogP contribution in [-0.2, 0) is 7.05 Å². The smallest absolute Gasteiger partial charge is 0.302 e. The van der Waals surface area contributed by atoms with E-state index in [-0.39, 0.29) is 0 Å². The largest absolute Gasteiger partial charge is 0.497 e. The number of aromatic nitrogens is 2. The highest BCUT2D eigenvalue weighted by molar-refractivity contribution is 6.29. The van der Waals surface area contributed by atoms with Crippen LogP contribution in [0, 0.1) is 0 Å². The summed E-state index contributed by atoms with van der Waals surface area (Å²) in [4.78, 5) is 4.03. The first kappa shape index (κ1) is 10.8. The molecule has 0 aliphatic heterocycles. The second-order valence-electron chi connectivity index (χ2n) is 3.20. The summed E-state index contributed by atoms with van der Waals surface area (Å²) in [6, 6.07) is 7.74. The van der Waals surface area contributed by atoms with Crippen molar-refractivity contribution < 1.29 is 9.47 Å². The fourth-order valence-electron chi connectivity index (χ4n) is 1.24. The second kappa shape index (κ2) is 4.45. The molecule has 1 aromatic heterocycles. The van der Waals surface area contributed by atoms with E-state index in [4.69, 9.17) is 21.1 Å². The number of imidazole rings is 1. The molecule has 0 unspecified atom stereocenters. The Morgan fingerprint density at radius 2 is 2.06 bits per heavy atom. The fourth-order valence-corrected chi connectivity index (χ4v) is 1.36. The molecule has 0 saturated heterocycles. The normalized spacial score (nSPS) is 10.2. The molecule has 0 atom stereocenters. The Balaban J connectivity index is 2.23. The van der Waals surface area contributed by atoms with Gasteiger partial charge in [-0.3, -0.25) is 4.57 Å². The van der Waals surface area contributed by atoms with Crippen molar-refractivity contribution in [1.29, 1.82) is 0 Å². The molecule has 0 bridgehead atoms. The first-order chi connectivity index (χ1) is 7.70.